The van der Waals surface area contributed by atoms with Crippen molar-refractivity contribution in [3.63, 3.8) is 0 Å². The minimum absolute atomic E-state index is 0.0578. The molecular weight excluding hydrogens is 372 g/mol. The topological polar surface area (TPSA) is 58.6 Å². The van der Waals surface area contributed by atoms with Gasteiger partial charge in [-0.05, 0) is 61.1 Å². The molecule has 28 heavy (non-hydrogen) atoms. The summed E-state index contributed by atoms with van der Waals surface area (Å²) in [5, 5.41) is 2.93. The highest BCUT2D eigenvalue weighted by atomic mass is 32.2. The van der Waals surface area contributed by atoms with E-state index in [1.807, 2.05) is 12.1 Å². The lowest BCUT2D eigenvalue weighted by atomic mass is 10.1. The van der Waals surface area contributed by atoms with Crippen LogP contribution in [0.2, 0.25) is 0 Å². The number of hydrogen-bond donors (Lipinski definition) is 1. The normalized spacial score (nSPS) is 15.6. The largest absolute Gasteiger partial charge is 0.494 e. The van der Waals surface area contributed by atoms with E-state index in [0.29, 0.717) is 30.2 Å². The summed E-state index contributed by atoms with van der Waals surface area (Å²) in [5.41, 5.74) is 4.29. The summed E-state index contributed by atoms with van der Waals surface area (Å²) >= 11 is 1.55. The third kappa shape index (κ3) is 4.02. The Morgan fingerprint density at radius 3 is 2.75 bits per heavy atom. The van der Waals surface area contributed by atoms with Gasteiger partial charge in [-0.2, -0.15) is 0 Å². The fourth-order valence-electron chi connectivity index (χ4n) is 3.87. The second-order valence-electron chi connectivity index (χ2n) is 7.16. The molecular formula is C22H24N2O3S. The molecule has 146 valence electrons. The molecule has 1 aliphatic heterocycles. The van der Waals surface area contributed by atoms with Crippen LogP contribution in [-0.4, -0.2) is 31.2 Å². The zero-order valence-corrected chi connectivity index (χ0v) is 16.8. The summed E-state index contributed by atoms with van der Waals surface area (Å²) in [6.07, 6.45) is 4.97. The van der Waals surface area contributed by atoms with E-state index in [9.17, 15) is 9.59 Å². The number of carbonyl (C=O) groups is 2. The lowest BCUT2D eigenvalue weighted by molar-refractivity contribution is -0.117. The van der Waals surface area contributed by atoms with Crippen LogP contribution in [0.1, 0.15) is 30.4 Å². The number of rotatable bonds is 6. The highest BCUT2D eigenvalue weighted by Crippen LogP contribution is 2.34. The molecule has 2 aromatic rings. The molecule has 4 rings (SSSR count). The first-order valence-electron chi connectivity index (χ1n) is 9.67. The smallest absolute Gasteiger partial charge is 0.234 e. The van der Waals surface area contributed by atoms with Crippen molar-refractivity contribution in [3.05, 3.63) is 47.5 Å². The summed E-state index contributed by atoms with van der Waals surface area (Å²) in [4.78, 5) is 27.2. The fraction of sp³-hybridized carbons (Fsp3) is 0.364. The highest BCUT2D eigenvalue weighted by molar-refractivity contribution is 8.00. The lowest BCUT2D eigenvalue weighted by Crippen LogP contribution is -2.24. The van der Waals surface area contributed by atoms with E-state index >= 15 is 0 Å². The molecule has 1 fully saturated rings. The molecule has 2 amide bonds. The molecule has 2 aliphatic rings. The Morgan fingerprint density at radius 1 is 1.11 bits per heavy atom. The number of methoxy groups -OCH3 is 1. The van der Waals surface area contributed by atoms with Crippen LogP contribution in [0.25, 0.3) is 0 Å². The van der Waals surface area contributed by atoms with E-state index in [1.54, 1.807) is 29.8 Å². The predicted molar refractivity (Wildman–Crippen MR) is 112 cm³/mol. The minimum Gasteiger partial charge on any atom is -0.494 e. The molecule has 0 saturated carbocycles. The number of ether oxygens (including phenoxy) is 1. The quantitative estimate of drug-likeness (QED) is 0.749. The van der Waals surface area contributed by atoms with Crippen molar-refractivity contribution in [1.82, 2.24) is 0 Å². The zero-order chi connectivity index (χ0) is 19.5. The number of amides is 2. The van der Waals surface area contributed by atoms with Crippen molar-refractivity contribution >= 4 is 35.0 Å². The van der Waals surface area contributed by atoms with Crippen molar-refractivity contribution in [2.45, 2.75) is 37.0 Å². The van der Waals surface area contributed by atoms with E-state index in [1.165, 1.54) is 24.0 Å². The first-order valence-corrected chi connectivity index (χ1v) is 10.7. The number of anilines is 2. The number of aryl methyl sites for hydroxylation is 2. The van der Waals surface area contributed by atoms with Crippen LogP contribution in [0.5, 0.6) is 5.75 Å². The second-order valence-corrected chi connectivity index (χ2v) is 8.21. The van der Waals surface area contributed by atoms with E-state index < -0.39 is 0 Å². The van der Waals surface area contributed by atoms with Gasteiger partial charge in [-0.1, -0.05) is 6.07 Å². The van der Waals surface area contributed by atoms with Crippen molar-refractivity contribution < 1.29 is 14.3 Å². The number of benzene rings is 2. The lowest BCUT2D eigenvalue weighted by Gasteiger charge is -2.19. The van der Waals surface area contributed by atoms with Crippen molar-refractivity contribution in [3.8, 4) is 5.75 Å². The van der Waals surface area contributed by atoms with Gasteiger partial charge in [-0.15, -0.1) is 11.8 Å². The van der Waals surface area contributed by atoms with Crippen LogP contribution >= 0.6 is 11.8 Å². The Hall–Kier alpha value is -2.47. The first-order chi connectivity index (χ1) is 13.6. The molecule has 2 aromatic carbocycles. The molecule has 0 atom stereocenters. The predicted octanol–water partition coefficient (Wildman–Crippen LogP) is 4.04. The molecule has 0 radical (unpaired) electrons. The standard InChI is InChI=1S/C22H24N2O3S/c1-27-20-13-17(8-10-19(20)24-11-3-6-22(24)26)23-21(25)14-28-18-9-7-15-4-2-5-16(15)12-18/h7-10,12-13H,2-6,11,14H2,1H3,(H,23,25). The maximum absolute atomic E-state index is 12.4. The Morgan fingerprint density at radius 2 is 1.96 bits per heavy atom. The highest BCUT2D eigenvalue weighted by Gasteiger charge is 2.24. The molecule has 5 nitrogen and oxygen atoms in total. The van der Waals surface area contributed by atoms with Crippen LogP contribution in [0.15, 0.2) is 41.3 Å². The molecule has 0 bridgehead atoms. The first kappa shape index (κ1) is 18.9. The average molecular weight is 397 g/mol. The van der Waals surface area contributed by atoms with Crippen LogP contribution in [0.4, 0.5) is 11.4 Å². The Kier molecular flexibility index (Phi) is 5.57. The van der Waals surface area contributed by atoms with Crippen molar-refractivity contribution in [2.24, 2.45) is 0 Å². The maximum Gasteiger partial charge on any atom is 0.234 e. The Labute approximate surface area is 169 Å². The number of nitrogens with zero attached hydrogens (tertiary/aromatic N) is 1. The van der Waals surface area contributed by atoms with Gasteiger partial charge >= 0.3 is 0 Å². The maximum atomic E-state index is 12.4. The number of nitrogens with one attached hydrogen (secondary N) is 1. The fourth-order valence-corrected chi connectivity index (χ4v) is 4.62. The van der Waals surface area contributed by atoms with Crippen LogP contribution in [0.3, 0.4) is 0 Å². The van der Waals surface area contributed by atoms with E-state index in [4.69, 9.17) is 4.74 Å². The van der Waals surface area contributed by atoms with Gasteiger partial charge in [-0.3, -0.25) is 9.59 Å². The summed E-state index contributed by atoms with van der Waals surface area (Å²) in [6.45, 7) is 0.707. The minimum atomic E-state index is -0.0578. The number of thioether (sulfide) groups is 1. The van der Waals surface area contributed by atoms with Gasteiger partial charge in [-0.25, -0.2) is 0 Å². The molecule has 1 heterocycles. The summed E-state index contributed by atoms with van der Waals surface area (Å²) < 4.78 is 5.45. The number of carbonyl (C=O) groups excluding carboxylic acids is 2. The van der Waals surface area contributed by atoms with E-state index in [2.05, 4.69) is 23.5 Å². The van der Waals surface area contributed by atoms with Crippen LogP contribution < -0.4 is 15.0 Å². The monoisotopic (exact) mass is 396 g/mol. The summed E-state index contributed by atoms with van der Waals surface area (Å²) in [6, 6.07) is 11.9. The summed E-state index contributed by atoms with van der Waals surface area (Å²) in [7, 11) is 1.58. The molecule has 6 heteroatoms. The van der Waals surface area contributed by atoms with E-state index in [-0.39, 0.29) is 11.8 Å². The second kappa shape index (κ2) is 8.27. The zero-order valence-electron chi connectivity index (χ0n) is 16.0. The van der Waals surface area contributed by atoms with Crippen molar-refractivity contribution in [2.75, 3.05) is 29.6 Å². The van der Waals surface area contributed by atoms with Gasteiger partial charge in [0.15, 0.2) is 0 Å². The molecule has 1 aliphatic carbocycles. The van der Waals surface area contributed by atoms with E-state index in [0.717, 1.165) is 23.4 Å². The van der Waals surface area contributed by atoms with Crippen LogP contribution in [0, 0.1) is 0 Å². The van der Waals surface area contributed by atoms with Gasteiger partial charge in [0.25, 0.3) is 0 Å². The van der Waals surface area contributed by atoms with Crippen molar-refractivity contribution in [1.29, 1.82) is 0 Å². The van der Waals surface area contributed by atoms with Gasteiger partial charge in [0, 0.05) is 29.6 Å². The molecule has 0 spiro atoms. The third-order valence-corrected chi connectivity index (χ3v) is 6.26. The Bertz CT molecular complexity index is 913. The molecule has 1 N–H and O–H groups in total. The average Bonchev–Trinajstić information content (AvgIpc) is 3.34. The Balaban J connectivity index is 1.38. The van der Waals surface area contributed by atoms with Gasteiger partial charge in [0.05, 0.1) is 18.6 Å². The van der Waals surface area contributed by atoms with Gasteiger partial charge < -0.3 is 15.0 Å². The molecule has 1 saturated heterocycles. The van der Waals surface area contributed by atoms with Crippen LogP contribution in [-0.2, 0) is 22.4 Å². The number of hydrogen-bond acceptors (Lipinski definition) is 4. The van der Waals surface area contributed by atoms with Gasteiger partial charge in [0.2, 0.25) is 11.8 Å². The molecule has 0 unspecified atom stereocenters. The van der Waals surface area contributed by atoms with Gasteiger partial charge in [0.1, 0.15) is 5.75 Å². The molecule has 0 aromatic heterocycles. The number of fused-ring (bicyclic) bond motifs is 1. The SMILES string of the molecule is COc1cc(NC(=O)CSc2ccc3c(c2)CCC3)ccc1N1CCCC1=O. The summed E-state index contributed by atoms with van der Waals surface area (Å²) in [5.74, 6) is 1.01. The third-order valence-electron chi connectivity index (χ3n) is 5.27.